The van der Waals surface area contributed by atoms with Crippen LogP contribution in [0.3, 0.4) is 0 Å². The van der Waals surface area contributed by atoms with Gasteiger partial charge in [0.1, 0.15) is 6.54 Å². The van der Waals surface area contributed by atoms with Crippen LogP contribution in [-0.4, -0.2) is 49.7 Å². The summed E-state index contributed by atoms with van der Waals surface area (Å²) in [5.41, 5.74) is -0.472. The largest absolute Gasteiger partial charge is 1.00 e. The van der Waals surface area contributed by atoms with Gasteiger partial charge >= 0.3 is 11.9 Å². The highest BCUT2D eigenvalue weighted by Gasteiger charge is 2.48. The molecule has 0 aliphatic carbocycles. The molecule has 0 saturated carbocycles. The Bertz CT molecular complexity index is 784. The van der Waals surface area contributed by atoms with E-state index in [0.717, 1.165) is 30.4 Å². The molecule has 0 N–H and O–H groups in total. The predicted octanol–water partition coefficient (Wildman–Crippen LogP) is 0.279. The van der Waals surface area contributed by atoms with E-state index in [4.69, 9.17) is 9.47 Å². The zero-order chi connectivity index (χ0) is 20.2. The van der Waals surface area contributed by atoms with Crippen LogP contribution >= 0.6 is 0 Å². The zero-order valence-corrected chi connectivity index (χ0v) is 18.7. The highest BCUT2D eigenvalue weighted by atomic mass is 79.9. The smallest absolute Gasteiger partial charge is 0.360 e. The van der Waals surface area contributed by atoms with Gasteiger partial charge in [-0.3, -0.25) is 4.79 Å². The third-order valence-electron chi connectivity index (χ3n) is 5.21. The van der Waals surface area contributed by atoms with Crippen LogP contribution in [0.5, 0.6) is 0 Å². The van der Waals surface area contributed by atoms with Gasteiger partial charge in [-0.1, -0.05) is 60.7 Å². The second-order valence-electron chi connectivity index (χ2n) is 8.02. The summed E-state index contributed by atoms with van der Waals surface area (Å²) >= 11 is 0. The first-order valence-corrected chi connectivity index (χ1v) is 9.67. The lowest BCUT2D eigenvalue weighted by molar-refractivity contribution is -0.898. The van der Waals surface area contributed by atoms with E-state index in [1.807, 2.05) is 36.4 Å². The van der Waals surface area contributed by atoms with Crippen LogP contribution in [0, 0.1) is 0 Å². The van der Waals surface area contributed by atoms with Crippen molar-refractivity contribution >= 4 is 11.9 Å². The SMILES string of the molecule is CC(=O)OC(C(=O)OC1CCC[N+](C)(C)C1)(c1ccccc1)c1ccccc1.[Br-]. The summed E-state index contributed by atoms with van der Waals surface area (Å²) in [5, 5.41) is 0. The van der Waals surface area contributed by atoms with E-state index in [1.54, 1.807) is 24.3 Å². The number of likely N-dealkylation sites (N-methyl/N-ethyl adjacent to an activating group) is 1. The van der Waals surface area contributed by atoms with Crippen molar-refractivity contribution in [3.8, 4) is 0 Å². The molecule has 1 saturated heterocycles. The summed E-state index contributed by atoms with van der Waals surface area (Å²) in [6.07, 6.45) is 1.59. The van der Waals surface area contributed by atoms with Gasteiger partial charge in [-0.25, -0.2) is 4.79 Å². The van der Waals surface area contributed by atoms with Gasteiger partial charge in [0.15, 0.2) is 6.10 Å². The molecule has 29 heavy (non-hydrogen) atoms. The zero-order valence-electron chi connectivity index (χ0n) is 17.1. The molecule has 3 rings (SSSR count). The summed E-state index contributed by atoms with van der Waals surface area (Å²) < 4.78 is 12.5. The van der Waals surface area contributed by atoms with E-state index in [0.29, 0.717) is 11.1 Å². The molecule has 156 valence electrons. The summed E-state index contributed by atoms with van der Waals surface area (Å²) in [6.45, 7) is 3.11. The number of likely N-dealkylation sites (tertiary alicyclic amines) is 1. The lowest BCUT2D eigenvalue weighted by Gasteiger charge is -2.39. The molecule has 1 aliphatic rings. The van der Waals surface area contributed by atoms with E-state index >= 15 is 0 Å². The average molecular weight is 462 g/mol. The second-order valence-corrected chi connectivity index (χ2v) is 8.02. The minimum Gasteiger partial charge on any atom is -1.00 e. The van der Waals surface area contributed by atoms with E-state index in [9.17, 15) is 9.59 Å². The fourth-order valence-electron chi connectivity index (χ4n) is 3.93. The molecule has 2 aromatic rings. The van der Waals surface area contributed by atoms with E-state index in [2.05, 4.69) is 14.1 Å². The van der Waals surface area contributed by atoms with Gasteiger partial charge in [-0.15, -0.1) is 0 Å². The first kappa shape index (κ1) is 23.1. The number of benzene rings is 2. The number of hydrogen-bond acceptors (Lipinski definition) is 4. The number of nitrogens with zero attached hydrogens (tertiary/aromatic N) is 1. The Kier molecular flexibility index (Phi) is 7.60. The molecule has 0 aromatic heterocycles. The van der Waals surface area contributed by atoms with Crippen LogP contribution in [0.2, 0.25) is 0 Å². The van der Waals surface area contributed by atoms with Crippen molar-refractivity contribution < 1.29 is 40.5 Å². The number of hydrogen-bond donors (Lipinski definition) is 0. The molecule has 1 atom stereocenters. The van der Waals surface area contributed by atoms with Gasteiger partial charge < -0.3 is 30.9 Å². The Morgan fingerprint density at radius 1 is 0.966 bits per heavy atom. The molecule has 0 amide bonds. The number of ether oxygens (including phenoxy) is 2. The maximum atomic E-state index is 13.6. The number of esters is 2. The maximum Gasteiger partial charge on any atom is 0.360 e. The van der Waals surface area contributed by atoms with Gasteiger partial charge in [0.2, 0.25) is 0 Å². The Morgan fingerprint density at radius 2 is 1.48 bits per heavy atom. The van der Waals surface area contributed by atoms with Crippen molar-refractivity contribution in [1.82, 2.24) is 0 Å². The third-order valence-corrected chi connectivity index (χ3v) is 5.21. The molecule has 0 bridgehead atoms. The standard InChI is InChI=1S/C23H28NO4.BrH/c1-18(25)28-23(19-11-6-4-7-12-19,20-13-8-5-9-14-20)22(26)27-21-15-10-16-24(2,3)17-21;/h4-9,11-14,21H,10,15-17H2,1-3H3;1H/q+1;/p-1. The molecule has 5 nitrogen and oxygen atoms in total. The fraction of sp³-hybridized carbons (Fsp3) is 0.391. The fourth-order valence-corrected chi connectivity index (χ4v) is 3.93. The van der Waals surface area contributed by atoms with Crippen molar-refractivity contribution in [2.45, 2.75) is 31.5 Å². The Balaban J connectivity index is 0.00000300. The second kappa shape index (κ2) is 9.55. The van der Waals surface area contributed by atoms with Gasteiger partial charge in [0, 0.05) is 24.5 Å². The Hall–Kier alpha value is -2.18. The molecule has 2 aromatic carbocycles. The molecule has 1 unspecified atom stereocenters. The van der Waals surface area contributed by atoms with Crippen LogP contribution in [-0.2, 0) is 24.7 Å². The minimum absolute atomic E-state index is 0. The predicted molar refractivity (Wildman–Crippen MR) is 106 cm³/mol. The van der Waals surface area contributed by atoms with Crippen LogP contribution in [0.4, 0.5) is 0 Å². The molecular weight excluding hydrogens is 434 g/mol. The van der Waals surface area contributed by atoms with Crippen molar-refractivity contribution in [3.05, 3.63) is 71.8 Å². The van der Waals surface area contributed by atoms with Gasteiger partial charge in [-0.05, 0) is 6.42 Å². The molecule has 1 heterocycles. The first-order chi connectivity index (χ1) is 13.3. The van der Waals surface area contributed by atoms with Crippen molar-refractivity contribution in [1.29, 1.82) is 0 Å². The van der Waals surface area contributed by atoms with E-state index in [1.165, 1.54) is 6.92 Å². The summed E-state index contributed by atoms with van der Waals surface area (Å²) in [4.78, 5) is 25.6. The van der Waals surface area contributed by atoms with Crippen LogP contribution in [0.1, 0.15) is 30.9 Å². The van der Waals surface area contributed by atoms with Crippen LogP contribution in [0.25, 0.3) is 0 Å². The van der Waals surface area contributed by atoms with Crippen LogP contribution < -0.4 is 17.0 Å². The monoisotopic (exact) mass is 461 g/mol. The number of carbonyl (C=O) groups excluding carboxylic acids is 2. The first-order valence-electron chi connectivity index (χ1n) is 9.67. The lowest BCUT2D eigenvalue weighted by Crippen LogP contribution is -3.00. The normalized spacial score (nSPS) is 18.2. The van der Waals surface area contributed by atoms with Crippen molar-refractivity contribution in [2.24, 2.45) is 0 Å². The van der Waals surface area contributed by atoms with Gasteiger partial charge in [-0.2, -0.15) is 0 Å². The quantitative estimate of drug-likeness (QED) is 0.474. The number of quaternary nitrogens is 1. The third kappa shape index (κ3) is 5.25. The number of carbonyl (C=O) groups is 2. The van der Waals surface area contributed by atoms with Crippen molar-refractivity contribution in [3.63, 3.8) is 0 Å². The van der Waals surface area contributed by atoms with Crippen molar-refractivity contribution in [2.75, 3.05) is 27.2 Å². The number of piperidine rings is 1. The van der Waals surface area contributed by atoms with E-state index in [-0.39, 0.29) is 23.1 Å². The summed E-state index contributed by atoms with van der Waals surface area (Å²) in [6, 6.07) is 18.2. The molecule has 0 radical (unpaired) electrons. The Morgan fingerprint density at radius 3 is 1.93 bits per heavy atom. The number of rotatable bonds is 5. The minimum atomic E-state index is -1.62. The van der Waals surface area contributed by atoms with Gasteiger partial charge in [0.05, 0.1) is 20.6 Å². The van der Waals surface area contributed by atoms with Gasteiger partial charge in [0.25, 0.3) is 5.60 Å². The maximum absolute atomic E-state index is 13.6. The summed E-state index contributed by atoms with van der Waals surface area (Å²) in [5.74, 6) is -1.09. The molecular formula is C23H28BrNO4. The topological polar surface area (TPSA) is 52.6 Å². The van der Waals surface area contributed by atoms with E-state index < -0.39 is 17.5 Å². The molecule has 1 aliphatic heterocycles. The Labute approximate surface area is 183 Å². The molecule has 0 spiro atoms. The molecule has 6 heteroatoms. The lowest BCUT2D eigenvalue weighted by atomic mass is 9.85. The summed E-state index contributed by atoms with van der Waals surface area (Å²) in [7, 11) is 4.27. The van der Waals surface area contributed by atoms with Crippen LogP contribution in [0.15, 0.2) is 60.7 Å². The number of halogens is 1. The highest BCUT2D eigenvalue weighted by molar-refractivity contribution is 5.88. The highest BCUT2D eigenvalue weighted by Crippen LogP contribution is 2.36. The molecule has 1 fully saturated rings. The average Bonchev–Trinajstić information content (AvgIpc) is 2.66.